The molecule has 0 fully saturated rings. The standard InChI is InChI=1S/C20H23N5O3/c1-2-14-7-9-15(10-8-14)16-12-19(28-23-16)21-18(26)13-25-20(27)24-11-5-3-4-6-17(24)22-25/h7-10,12H,2-6,11,13H2,1H3,(H,21,26). The van der Waals surface area contributed by atoms with Gasteiger partial charge in [0.25, 0.3) is 0 Å². The molecule has 28 heavy (non-hydrogen) atoms. The number of nitrogens with zero attached hydrogens (tertiary/aromatic N) is 4. The number of benzene rings is 1. The summed E-state index contributed by atoms with van der Waals surface area (Å²) in [6.07, 6.45) is 4.81. The lowest BCUT2D eigenvalue weighted by molar-refractivity contribution is -0.117. The fourth-order valence-electron chi connectivity index (χ4n) is 3.42. The smallest absolute Gasteiger partial charge is 0.338 e. The Kier molecular flexibility index (Phi) is 5.10. The number of amides is 1. The van der Waals surface area contributed by atoms with Gasteiger partial charge in [0.1, 0.15) is 18.1 Å². The van der Waals surface area contributed by atoms with Crippen molar-refractivity contribution in [2.24, 2.45) is 0 Å². The second kappa shape index (κ2) is 7.84. The number of carbonyl (C=O) groups is 1. The molecule has 8 heteroatoms. The molecule has 1 aliphatic heterocycles. The first-order valence-electron chi connectivity index (χ1n) is 9.66. The van der Waals surface area contributed by atoms with Crippen LogP contribution in [-0.2, 0) is 30.7 Å². The van der Waals surface area contributed by atoms with Crippen molar-refractivity contribution in [2.75, 3.05) is 5.32 Å². The van der Waals surface area contributed by atoms with Crippen LogP contribution in [0.5, 0.6) is 0 Å². The molecule has 1 aliphatic rings. The Morgan fingerprint density at radius 3 is 2.82 bits per heavy atom. The van der Waals surface area contributed by atoms with E-state index in [2.05, 4.69) is 22.5 Å². The van der Waals surface area contributed by atoms with Gasteiger partial charge in [-0.25, -0.2) is 9.48 Å². The molecule has 8 nitrogen and oxygen atoms in total. The van der Waals surface area contributed by atoms with E-state index >= 15 is 0 Å². The molecule has 1 aromatic carbocycles. The van der Waals surface area contributed by atoms with Gasteiger partial charge in [0.15, 0.2) is 0 Å². The first kappa shape index (κ1) is 18.2. The first-order chi connectivity index (χ1) is 13.6. The molecule has 0 saturated carbocycles. The zero-order chi connectivity index (χ0) is 19.5. The summed E-state index contributed by atoms with van der Waals surface area (Å²) in [4.78, 5) is 24.8. The van der Waals surface area contributed by atoms with Crippen molar-refractivity contribution in [3.05, 3.63) is 52.2 Å². The van der Waals surface area contributed by atoms with Crippen molar-refractivity contribution in [3.8, 4) is 11.3 Å². The van der Waals surface area contributed by atoms with Crippen molar-refractivity contribution in [3.63, 3.8) is 0 Å². The average Bonchev–Trinajstić information content (AvgIpc) is 3.18. The average molecular weight is 381 g/mol. The molecule has 0 unspecified atom stereocenters. The molecule has 0 spiro atoms. The van der Waals surface area contributed by atoms with Gasteiger partial charge >= 0.3 is 5.69 Å². The van der Waals surface area contributed by atoms with E-state index in [1.54, 1.807) is 10.6 Å². The Morgan fingerprint density at radius 2 is 2.04 bits per heavy atom. The summed E-state index contributed by atoms with van der Waals surface area (Å²) in [5.74, 6) is 0.626. The summed E-state index contributed by atoms with van der Waals surface area (Å²) in [5.41, 5.74) is 2.56. The van der Waals surface area contributed by atoms with Gasteiger partial charge in [-0.3, -0.25) is 14.7 Å². The zero-order valence-electron chi connectivity index (χ0n) is 15.9. The summed E-state index contributed by atoms with van der Waals surface area (Å²) in [5, 5.41) is 11.0. The molecule has 0 saturated heterocycles. The minimum Gasteiger partial charge on any atom is -0.338 e. The van der Waals surface area contributed by atoms with Crippen LogP contribution in [0.1, 0.15) is 37.6 Å². The van der Waals surface area contributed by atoms with Crippen molar-refractivity contribution in [2.45, 2.75) is 52.1 Å². The molecular formula is C20H23N5O3. The number of nitrogens with one attached hydrogen (secondary N) is 1. The van der Waals surface area contributed by atoms with Gasteiger partial charge in [-0.15, -0.1) is 0 Å². The number of aromatic nitrogens is 4. The van der Waals surface area contributed by atoms with Gasteiger partial charge < -0.3 is 4.52 Å². The molecule has 0 aliphatic carbocycles. The fraction of sp³-hybridized carbons (Fsp3) is 0.400. The van der Waals surface area contributed by atoms with Crippen LogP contribution >= 0.6 is 0 Å². The van der Waals surface area contributed by atoms with Crippen LogP contribution in [0.2, 0.25) is 0 Å². The Balaban J connectivity index is 1.43. The zero-order valence-corrected chi connectivity index (χ0v) is 15.9. The van der Waals surface area contributed by atoms with Gasteiger partial charge in [-0.2, -0.15) is 5.10 Å². The molecule has 1 amide bonds. The molecule has 4 rings (SSSR count). The Labute approximate surface area is 162 Å². The number of hydrogen-bond donors (Lipinski definition) is 1. The maximum atomic E-state index is 12.4. The summed E-state index contributed by atoms with van der Waals surface area (Å²) < 4.78 is 8.11. The SMILES string of the molecule is CCc1ccc(-c2cc(NC(=O)Cn3nc4n(c3=O)CCCCC4)on2)cc1. The van der Waals surface area contributed by atoms with E-state index in [4.69, 9.17) is 4.52 Å². The van der Waals surface area contributed by atoms with Crippen LogP contribution in [0, 0.1) is 0 Å². The fourth-order valence-corrected chi connectivity index (χ4v) is 3.42. The van der Waals surface area contributed by atoms with E-state index in [9.17, 15) is 9.59 Å². The number of aryl methyl sites for hydroxylation is 2. The third-order valence-corrected chi connectivity index (χ3v) is 5.01. The molecule has 146 valence electrons. The maximum absolute atomic E-state index is 12.4. The first-order valence-corrected chi connectivity index (χ1v) is 9.66. The largest absolute Gasteiger partial charge is 0.346 e. The predicted molar refractivity (Wildman–Crippen MR) is 104 cm³/mol. The summed E-state index contributed by atoms with van der Waals surface area (Å²) in [6.45, 7) is 2.61. The minimum atomic E-state index is -0.376. The topological polar surface area (TPSA) is 95.0 Å². The highest BCUT2D eigenvalue weighted by Crippen LogP contribution is 2.22. The molecule has 0 bridgehead atoms. The van der Waals surface area contributed by atoms with E-state index in [0.29, 0.717) is 12.2 Å². The van der Waals surface area contributed by atoms with Crippen LogP contribution in [0.4, 0.5) is 5.88 Å². The predicted octanol–water partition coefficient (Wildman–Crippen LogP) is 2.63. The lowest BCUT2D eigenvalue weighted by Crippen LogP contribution is -2.30. The quantitative estimate of drug-likeness (QED) is 0.733. The highest BCUT2D eigenvalue weighted by Gasteiger charge is 2.18. The Morgan fingerprint density at radius 1 is 1.21 bits per heavy atom. The van der Waals surface area contributed by atoms with Crippen molar-refractivity contribution in [1.82, 2.24) is 19.5 Å². The summed E-state index contributed by atoms with van der Waals surface area (Å²) in [7, 11) is 0. The van der Waals surface area contributed by atoms with Crippen molar-refractivity contribution in [1.29, 1.82) is 0 Å². The molecule has 0 atom stereocenters. The van der Waals surface area contributed by atoms with E-state index in [1.165, 1.54) is 10.2 Å². The van der Waals surface area contributed by atoms with Gasteiger partial charge in [0, 0.05) is 24.6 Å². The molecule has 1 N–H and O–H groups in total. The molecule has 3 heterocycles. The maximum Gasteiger partial charge on any atom is 0.346 e. The highest BCUT2D eigenvalue weighted by atomic mass is 16.5. The van der Waals surface area contributed by atoms with Crippen molar-refractivity contribution >= 4 is 11.8 Å². The van der Waals surface area contributed by atoms with Gasteiger partial charge in [-0.1, -0.05) is 42.8 Å². The van der Waals surface area contributed by atoms with Crippen LogP contribution in [0.3, 0.4) is 0 Å². The Bertz CT molecular complexity index is 1030. The van der Waals surface area contributed by atoms with E-state index in [1.807, 2.05) is 24.3 Å². The van der Waals surface area contributed by atoms with Crippen LogP contribution in [0.15, 0.2) is 39.6 Å². The lowest BCUT2D eigenvalue weighted by Gasteiger charge is -2.00. The van der Waals surface area contributed by atoms with E-state index < -0.39 is 0 Å². The Hall–Kier alpha value is -3.16. The van der Waals surface area contributed by atoms with Crippen LogP contribution in [-0.4, -0.2) is 25.4 Å². The molecule has 2 aromatic heterocycles. The number of fused-ring (bicyclic) bond motifs is 1. The third-order valence-electron chi connectivity index (χ3n) is 5.01. The number of carbonyl (C=O) groups excluding carboxylic acids is 1. The third kappa shape index (κ3) is 3.76. The molecule has 3 aromatic rings. The monoisotopic (exact) mass is 381 g/mol. The summed E-state index contributed by atoms with van der Waals surface area (Å²) >= 11 is 0. The second-order valence-corrected chi connectivity index (χ2v) is 6.99. The van der Waals surface area contributed by atoms with Gasteiger partial charge in [-0.05, 0) is 24.8 Å². The number of anilines is 1. The number of hydrogen-bond acceptors (Lipinski definition) is 5. The second-order valence-electron chi connectivity index (χ2n) is 6.99. The van der Waals surface area contributed by atoms with Gasteiger partial charge in [0.2, 0.25) is 11.8 Å². The van der Waals surface area contributed by atoms with E-state index in [-0.39, 0.29) is 24.0 Å². The van der Waals surface area contributed by atoms with E-state index in [0.717, 1.165) is 43.5 Å². The highest BCUT2D eigenvalue weighted by molar-refractivity contribution is 5.89. The molecule has 0 radical (unpaired) electrons. The normalized spacial score (nSPS) is 13.8. The van der Waals surface area contributed by atoms with Crippen LogP contribution in [0.25, 0.3) is 11.3 Å². The lowest BCUT2D eigenvalue weighted by atomic mass is 10.1. The molecular weight excluding hydrogens is 358 g/mol. The van der Waals surface area contributed by atoms with Crippen LogP contribution < -0.4 is 11.0 Å². The minimum absolute atomic E-state index is 0.153. The van der Waals surface area contributed by atoms with Crippen molar-refractivity contribution < 1.29 is 9.32 Å². The summed E-state index contributed by atoms with van der Waals surface area (Å²) in [6, 6.07) is 9.69. The van der Waals surface area contributed by atoms with Gasteiger partial charge in [0.05, 0.1) is 0 Å². The number of rotatable bonds is 5.